The molecule has 0 radical (unpaired) electrons. The molecule has 0 bridgehead atoms. The molecule has 86 valence electrons. The Morgan fingerprint density at radius 1 is 1.50 bits per heavy atom. The molecule has 0 saturated carbocycles. The molecule has 0 aliphatic rings. The lowest BCUT2D eigenvalue weighted by Gasteiger charge is -2.11. The van der Waals surface area contributed by atoms with Crippen molar-refractivity contribution in [3.05, 3.63) is 35.3 Å². The topological polar surface area (TPSA) is 52.5 Å². The van der Waals surface area contributed by atoms with Crippen molar-refractivity contribution in [3.63, 3.8) is 0 Å². The quantitative estimate of drug-likeness (QED) is 0.853. The molecule has 2 aromatic rings. The van der Waals surface area contributed by atoms with Gasteiger partial charge in [-0.3, -0.25) is 0 Å². The number of fused-ring (bicyclic) bond motifs is 1. The van der Waals surface area contributed by atoms with E-state index in [4.69, 9.17) is 10.5 Å². The van der Waals surface area contributed by atoms with Gasteiger partial charge in [-0.15, -0.1) is 0 Å². The van der Waals surface area contributed by atoms with E-state index in [2.05, 4.69) is 24.0 Å². The van der Waals surface area contributed by atoms with Crippen LogP contribution in [0.5, 0.6) is 0 Å². The minimum atomic E-state index is -0.136. The number of imidazole rings is 1. The number of methoxy groups -OCH3 is 1. The summed E-state index contributed by atoms with van der Waals surface area (Å²) in [6.07, 6.45) is 2.01. The normalized spacial score (nSPS) is 13.2. The Balaban J connectivity index is 2.55. The summed E-state index contributed by atoms with van der Waals surface area (Å²) in [6, 6.07) is 3.97. The van der Waals surface area contributed by atoms with Gasteiger partial charge in [0.2, 0.25) is 0 Å². The zero-order valence-electron chi connectivity index (χ0n) is 9.90. The van der Waals surface area contributed by atoms with Crippen LogP contribution in [0, 0.1) is 13.8 Å². The van der Waals surface area contributed by atoms with E-state index in [0.29, 0.717) is 6.61 Å². The Morgan fingerprint density at radius 2 is 2.25 bits per heavy atom. The van der Waals surface area contributed by atoms with Gasteiger partial charge < -0.3 is 14.9 Å². The van der Waals surface area contributed by atoms with Crippen molar-refractivity contribution in [2.24, 2.45) is 5.73 Å². The molecule has 4 nitrogen and oxygen atoms in total. The molecule has 0 fully saturated rings. The fourth-order valence-electron chi connectivity index (χ4n) is 1.99. The van der Waals surface area contributed by atoms with Gasteiger partial charge in [0.1, 0.15) is 5.65 Å². The van der Waals surface area contributed by atoms with Crippen LogP contribution in [0.4, 0.5) is 0 Å². The number of nitrogens with two attached hydrogens (primary N) is 1. The zero-order valence-corrected chi connectivity index (χ0v) is 9.90. The molecule has 1 atom stereocenters. The highest BCUT2D eigenvalue weighted by atomic mass is 16.5. The van der Waals surface area contributed by atoms with Crippen molar-refractivity contribution in [1.29, 1.82) is 0 Å². The van der Waals surface area contributed by atoms with Crippen LogP contribution in [-0.4, -0.2) is 23.1 Å². The van der Waals surface area contributed by atoms with Gasteiger partial charge >= 0.3 is 0 Å². The van der Waals surface area contributed by atoms with Crippen molar-refractivity contribution in [3.8, 4) is 0 Å². The first-order valence-corrected chi connectivity index (χ1v) is 5.33. The number of hydrogen-bond acceptors (Lipinski definition) is 3. The second kappa shape index (κ2) is 4.23. The first-order valence-electron chi connectivity index (χ1n) is 5.33. The molecule has 0 aliphatic heterocycles. The first kappa shape index (κ1) is 11.1. The van der Waals surface area contributed by atoms with E-state index in [9.17, 15) is 0 Å². The second-order valence-corrected chi connectivity index (χ2v) is 4.08. The van der Waals surface area contributed by atoms with Crippen LogP contribution in [0.25, 0.3) is 5.65 Å². The minimum absolute atomic E-state index is 0.136. The van der Waals surface area contributed by atoms with Crippen LogP contribution in [0.15, 0.2) is 18.3 Å². The summed E-state index contributed by atoms with van der Waals surface area (Å²) in [5.41, 5.74) is 10.2. The maximum Gasteiger partial charge on any atom is 0.137 e. The molecule has 0 amide bonds. The highest BCUT2D eigenvalue weighted by Crippen LogP contribution is 2.18. The number of nitrogens with zero attached hydrogens (tertiary/aromatic N) is 2. The standard InChI is InChI=1S/C12H17N3O/c1-8-4-5-15-11(6-8)14-9(2)12(15)10(13)7-16-3/h4-6,10H,7,13H2,1-3H3. The molecule has 16 heavy (non-hydrogen) atoms. The summed E-state index contributed by atoms with van der Waals surface area (Å²) in [7, 11) is 1.66. The number of rotatable bonds is 3. The molecule has 1 unspecified atom stereocenters. The van der Waals surface area contributed by atoms with Gasteiger partial charge in [0.05, 0.1) is 24.0 Å². The summed E-state index contributed by atoms with van der Waals surface area (Å²) in [6.45, 7) is 4.54. The highest BCUT2D eigenvalue weighted by Gasteiger charge is 2.15. The smallest absolute Gasteiger partial charge is 0.137 e. The van der Waals surface area contributed by atoms with E-state index < -0.39 is 0 Å². The Labute approximate surface area is 95.0 Å². The summed E-state index contributed by atoms with van der Waals surface area (Å²) in [5, 5.41) is 0. The molecular weight excluding hydrogens is 202 g/mol. The third kappa shape index (κ3) is 1.81. The van der Waals surface area contributed by atoms with Crippen molar-refractivity contribution in [1.82, 2.24) is 9.38 Å². The fraction of sp³-hybridized carbons (Fsp3) is 0.417. The maximum atomic E-state index is 6.07. The molecule has 0 aromatic carbocycles. The molecule has 0 saturated heterocycles. The van der Waals surface area contributed by atoms with Crippen molar-refractivity contribution >= 4 is 5.65 Å². The minimum Gasteiger partial charge on any atom is -0.383 e. The Kier molecular flexibility index (Phi) is 2.94. The molecule has 0 aliphatic carbocycles. The van der Waals surface area contributed by atoms with Crippen LogP contribution in [0.3, 0.4) is 0 Å². The van der Waals surface area contributed by atoms with Gasteiger partial charge in [-0.25, -0.2) is 4.98 Å². The molecule has 2 N–H and O–H groups in total. The molecular formula is C12H17N3O. The van der Waals surface area contributed by atoms with E-state index in [1.54, 1.807) is 7.11 Å². The maximum absolute atomic E-state index is 6.07. The van der Waals surface area contributed by atoms with E-state index in [1.165, 1.54) is 5.56 Å². The van der Waals surface area contributed by atoms with Crippen molar-refractivity contribution < 1.29 is 4.74 Å². The first-order chi connectivity index (χ1) is 7.63. The number of pyridine rings is 1. The summed E-state index contributed by atoms with van der Waals surface area (Å²) in [4.78, 5) is 4.50. The zero-order chi connectivity index (χ0) is 11.7. The summed E-state index contributed by atoms with van der Waals surface area (Å²) < 4.78 is 7.12. The van der Waals surface area contributed by atoms with E-state index in [-0.39, 0.29) is 6.04 Å². The van der Waals surface area contributed by atoms with Crippen LogP contribution < -0.4 is 5.73 Å². The van der Waals surface area contributed by atoms with E-state index in [0.717, 1.165) is 17.0 Å². The third-order valence-electron chi connectivity index (χ3n) is 2.70. The third-order valence-corrected chi connectivity index (χ3v) is 2.70. The lowest BCUT2D eigenvalue weighted by molar-refractivity contribution is 0.179. The summed E-state index contributed by atoms with van der Waals surface area (Å²) >= 11 is 0. The molecule has 4 heteroatoms. The van der Waals surface area contributed by atoms with Crippen LogP contribution in [0.1, 0.15) is 23.0 Å². The van der Waals surface area contributed by atoms with E-state index in [1.807, 2.05) is 17.5 Å². The van der Waals surface area contributed by atoms with Crippen LogP contribution in [-0.2, 0) is 4.74 Å². The molecule has 2 rings (SSSR count). The Morgan fingerprint density at radius 3 is 2.94 bits per heavy atom. The highest BCUT2D eigenvalue weighted by molar-refractivity contribution is 5.46. The van der Waals surface area contributed by atoms with Gasteiger partial charge in [-0.1, -0.05) is 0 Å². The number of aromatic nitrogens is 2. The van der Waals surface area contributed by atoms with Crippen molar-refractivity contribution in [2.75, 3.05) is 13.7 Å². The van der Waals surface area contributed by atoms with E-state index >= 15 is 0 Å². The molecule has 2 aromatic heterocycles. The average Bonchev–Trinajstić information content (AvgIpc) is 2.53. The lowest BCUT2D eigenvalue weighted by atomic mass is 10.2. The van der Waals surface area contributed by atoms with Gasteiger partial charge in [-0.05, 0) is 31.5 Å². The van der Waals surface area contributed by atoms with Gasteiger partial charge in [-0.2, -0.15) is 0 Å². The van der Waals surface area contributed by atoms with Gasteiger partial charge in [0.25, 0.3) is 0 Å². The SMILES string of the molecule is COCC(N)c1c(C)nc2cc(C)ccn12. The Hall–Kier alpha value is -1.39. The lowest BCUT2D eigenvalue weighted by Crippen LogP contribution is -2.19. The number of aryl methyl sites for hydroxylation is 2. The van der Waals surface area contributed by atoms with Gasteiger partial charge in [0, 0.05) is 13.3 Å². The van der Waals surface area contributed by atoms with Crippen molar-refractivity contribution in [2.45, 2.75) is 19.9 Å². The predicted molar refractivity (Wildman–Crippen MR) is 63.5 cm³/mol. The van der Waals surface area contributed by atoms with Gasteiger partial charge in [0.15, 0.2) is 0 Å². The summed E-state index contributed by atoms with van der Waals surface area (Å²) in [5.74, 6) is 0. The monoisotopic (exact) mass is 219 g/mol. The predicted octanol–water partition coefficient (Wildman–Crippen LogP) is 1.60. The number of ether oxygens (including phenoxy) is 1. The van der Waals surface area contributed by atoms with Crippen LogP contribution in [0.2, 0.25) is 0 Å². The number of hydrogen-bond donors (Lipinski definition) is 1. The second-order valence-electron chi connectivity index (χ2n) is 4.08. The molecule has 0 spiro atoms. The fourth-order valence-corrected chi connectivity index (χ4v) is 1.99. The molecule has 2 heterocycles. The Bertz CT molecular complexity index is 504. The average molecular weight is 219 g/mol. The largest absolute Gasteiger partial charge is 0.383 e. The van der Waals surface area contributed by atoms with Crippen LogP contribution >= 0.6 is 0 Å².